The highest BCUT2D eigenvalue weighted by atomic mass is 35.5. The Balaban J connectivity index is 1.98. The molecule has 20 heavy (non-hydrogen) atoms. The largest absolute Gasteiger partial charge is 0.319 e. The van der Waals surface area contributed by atoms with Gasteiger partial charge in [0, 0.05) is 12.4 Å². The van der Waals surface area contributed by atoms with E-state index in [4.69, 9.17) is 23.2 Å². The third-order valence-electron chi connectivity index (χ3n) is 2.73. The number of hydrogen-bond donors (Lipinski definition) is 1. The zero-order chi connectivity index (χ0) is 14.1. The summed E-state index contributed by atoms with van der Waals surface area (Å²) >= 11 is 12.0. The van der Waals surface area contributed by atoms with Crippen molar-refractivity contribution in [1.29, 1.82) is 0 Å². The summed E-state index contributed by atoms with van der Waals surface area (Å²) in [5, 5.41) is 7.47. The minimum absolute atomic E-state index is 0.349. The SMILES string of the molecule is O=C(Nc1c(Cl)cccc1Cl)c1cnn2cccnc12. The lowest BCUT2D eigenvalue weighted by Gasteiger charge is -2.07. The maximum absolute atomic E-state index is 12.3. The Morgan fingerprint density at radius 2 is 1.95 bits per heavy atom. The van der Waals surface area contributed by atoms with Gasteiger partial charge < -0.3 is 5.32 Å². The highest BCUT2D eigenvalue weighted by Gasteiger charge is 2.16. The summed E-state index contributed by atoms with van der Waals surface area (Å²) in [5.41, 5.74) is 1.19. The van der Waals surface area contributed by atoms with E-state index in [1.54, 1.807) is 36.7 Å². The lowest BCUT2D eigenvalue weighted by molar-refractivity contribution is 0.102. The number of anilines is 1. The van der Waals surface area contributed by atoms with Crippen LogP contribution in [-0.2, 0) is 0 Å². The van der Waals surface area contributed by atoms with Crippen LogP contribution in [0.2, 0.25) is 10.0 Å². The Bertz CT molecular complexity index is 780. The molecule has 100 valence electrons. The average Bonchev–Trinajstić information content (AvgIpc) is 2.87. The van der Waals surface area contributed by atoms with E-state index in [1.807, 2.05) is 0 Å². The fourth-order valence-electron chi connectivity index (χ4n) is 1.79. The van der Waals surface area contributed by atoms with Gasteiger partial charge in [-0.3, -0.25) is 4.79 Å². The number of nitrogens with zero attached hydrogens (tertiary/aromatic N) is 3. The number of benzene rings is 1. The molecule has 3 aromatic rings. The van der Waals surface area contributed by atoms with Gasteiger partial charge in [0.2, 0.25) is 0 Å². The molecular weight excluding hydrogens is 299 g/mol. The number of nitrogens with one attached hydrogen (secondary N) is 1. The van der Waals surface area contributed by atoms with Crippen LogP contribution in [0, 0.1) is 0 Å². The monoisotopic (exact) mass is 306 g/mol. The zero-order valence-corrected chi connectivity index (χ0v) is 11.6. The molecule has 1 N–H and O–H groups in total. The maximum atomic E-state index is 12.3. The fourth-order valence-corrected chi connectivity index (χ4v) is 2.28. The second kappa shape index (κ2) is 5.11. The van der Waals surface area contributed by atoms with Gasteiger partial charge in [-0.15, -0.1) is 0 Å². The van der Waals surface area contributed by atoms with Gasteiger partial charge in [-0.05, 0) is 18.2 Å². The normalized spacial score (nSPS) is 10.7. The number of carbonyl (C=O) groups is 1. The summed E-state index contributed by atoms with van der Waals surface area (Å²) in [7, 11) is 0. The molecule has 0 saturated heterocycles. The minimum atomic E-state index is -0.367. The van der Waals surface area contributed by atoms with Gasteiger partial charge in [-0.25, -0.2) is 9.50 Å². The van der Waals surface area contributed by atoms with E-state index in [0.29, 0.717) is 26.9 Å². The standard InChI is InChI=1S/C13H8Cl2N4O/c14-9-3-1-4-10(15)11(9)18-13(20)8-7-17-19-6-2-5-16-12(8)19/h1-7H,(H,18,20). The smallest absolute Gasteiger partial charge is 0.261 e. The summed E-state index contributed by atoms with van der Waals surface area (Å²) in [6.45, 7) is 0. The van der Waals surface area contributed by atoms with Crippen LogP contribution >= 0.6 is 23.2 Å². The van der Waals surface area contributed by atoms with Gasteiger partial charge in [0.25, 0.3) is 5.91 Å². The molecule has 0 aliphatic rings. The van der Waals surface area contributed by atoms with Gasteiger partial charge in [0.05, 0.1) is 21.9 Å². The molecule has 3 rings (SSSR count). The van der Waals surface area contributed by atoms with E-state index < -0.39 is 0 Å². The van der Waals surface area contributed by atoms with Gasteiger partial charge in [-0.2, -0.15) is 5.10 Å². The van der Waals surface area contributed by atoms with Crippen molar-refractivity contribution in [3.05, 3.63) is 58.5 Å². The van der Waals surface area contributed by atoms with Crippen molar-refractivity contribution in [1.82, 2.24) is 14.6 Å². The van der Waals surface area contributed by atoms with Crippen LogP contribution in [-0.4, -0.2) is 20.5 Å². The van der Waals surface area contributed by atoms with Crippen LogP contribution in [0.5, 0.6) is 0 Å². The number of amides is 1. The molecule has 1 aromatic carbocycles. The quantitative estimate of drug-likeness (QED) is 0.790. The Kier molecular flexibility index (Phi) is 3.30. The predicted octanol–water partition coefficient (Wildman–Crippen LogP) is 3.29. The van der Waals surface area contributed by atoms with Gasteiger partial charge >= 0.3 is 0 Å². The molecule has 2 heterocycles. The molecule has 0 saturated carbocycles. The predicted molar refractivity (Wildman–Crippen MR) is 77.4 cm³/mol. The molecule has 0 aliphatic carbocycles. The Hall–Kier alpha value is -2.11. The molecule has 0 bridgehead atoms. The molecule has 0 unspecified atom stereocenters. The van der Waals surface area contributed by atoms with Crippen LogP contribution < -0.4 is 5.32 Å². The lowest BCUT2D eigenvalue weighted by atomic mass is 10.2. The molecule has 2 aromatic heterocycles. The Morgan fingerprint density at radius 1 is 1.20 bits per heavy atom. The van der Waals surface area contributed by atoms with Crippen LogP contribution in [0.3, 0.4) is 0 Å². The third kappa shape index (κ3) is 2.21. The van der Waals surface area contributed by atoms with Gasteiger partial charge in [0.15, 0.2) is 5.65 Å². The van der Waals surface area contributed by atoms with Crippen LogP contribution in [0.15, 0.2) is 42.9 Å². The van der Waals surface area contributed by atoms with Crippen molar-refractivity contribution in [3.8, 4) is 0 Å². The molecule has 0 atom stereocenters. The summed E-state index contributed by atoms with van der Waals surface area (Å²) in [5.74, 6) is -0.367. The molecule has 0 spiro atoms. The minimum Gasteiger partial charge on any atom is -0.319 e. The highest BCUT2D eigenvalue weighted by molar-refractivity contribution is 6.40. The number of fused-ring (bicyclic) bond motifs is 1. The van der Waals surface area contributed by atoms with Crippen LogP contribution in [0.4, 0.5) is 5.69 Å². The topological polar surface area (TPSA) is 59.3 Å². The van der Waals surface area contributed by atoms with Gasteiger partial charge in [0.1, 0.15) is 5.56 Å². The van der Waals surface area contributed by atoms with Crippen LogP contribution in [0.1, 0.15) is 10.4 Å². The van der Waals surface area contributed by atoms with E-state index in [2.05, 4.69) is 15.4 Å². The average molecular weight is 307 g/mol. The molecule has 1 amide bonds. The number of para-hydroxylation sites is 1. The van der Waals surface area contributed by atoms with Crippen molar-refractivity contribution < 1.29 is 4.79 Å². The zero-order valence-electron chi connectivity index (χ0n) is 10.0. The summed E-state index contributed by atoms with van der Waals surface area (Å²) < 4.78 is 1.52. The molecule has 7 heteroatoms. The van der Waals surface area contributed by atoms with Crippen molar-refractivity contribution in [3.63, 3.8) is 0 Å². The van der Waals surface area contributed by atoms with E-state index in [0.717, 1.165) is 0 Å². The summed E-state index contributed by atoms with van der Waals surface area (Å²) in [6, 6.07) is 6.73. The first-order valence-electron chi connectivity index (χ1n) is 5.70. The number of aromatic nitrogens is 3. The summed E-state index contributed by atoms with van der Waals surface area (Å²) in [6.07, 6.45) is 4.75. The van der Waals surface area contributed by atoms with E-state index in [-0.39, 0.29) is 5.91 Å². The highest BCUT2D eigenvalue weighted by Crippen LogP contribution is 2.30. The number of carbonyl (C=O) groups excluding carboxylic acids is 1. The third-order valence-corrected chi connectivity index (χ3v) is 3.36. The van der Waals surface area contributed by atoms with Gasteiger partial charge in [-0.1, -0.05) is 29.3 Å². The van der Waals surface area contributed by atoms with Crippen molar-refractivity contribution >= 4 is 40.4 Å². The maximum Gasteiger partial charge on any atom is 0.261 e. The fraction of sp³-hybridized carbons (Fsp3) is 0. The second-order valence-electron chi connectivity index (χ2n) is 4.00. The van der Waals surface area contributed by atoms with Crippen LogP contribution in [0.25, 0.3) is 5.65 Å². The molecule has 0 radical (unpaired) electrons. The number of halogens is 2. The second-order valence-corrected chi connectivity index (χ2v) is 4.81. The molecule has 0 fully saturated rings. The first kappa shape index (κ1) is 12.9. The first-order chi connectivity index (χ1) is 9.66. The molecule has 0 aliphatic heterocycles. The van der Waals surface area contributed by atoms with Crippen molar-refractivity contribution in [2.75, 3.05) is 5.32 Å². The summed E-state index contributed by atoms with van der Waals surface area (Å²) in [4.78, 5) is 16.4. The van der Waals surface area contributed by atoms with E-state index >= 15 is 0 Å². The molecule has 5 nitrogen and oxygen atoms in total. The van der Waals surface area contributed by atoms with E-state index in [1.165, 1.54) is 10.7 Å². The first-order valence-corrected chi connectivity index (χ1v) is 6.46. The van der Waals surface area contributed by atoms with Crippen molar-refractivity contribution in [2.24, 2.45) is 0 Å². The van der Waals surface area contributed by atoms with Crippen molar-refractivity contribution in [2.45, 2.75) is 0 Å². The number of hydrogen-bond acceptors (Lipinski definition) is 3. The number of rotatable bonds is 2. The Morgan fingerprint density at radius 3 is 2.70 bits per heavy atom. The Labute approximate surface area is 124 Å². The molecular formula is C13H8Cl2N4O. The lowest BCUT2D eigenvalue weighted by Crippen LogP contribution is -2.12. The van der Waals surface area contributed by atoms with E-state index in [9.17, 15) is 4.79 Å².